The van der Waals surface area contributed by atoms with Crippen molar-refractivity contribution in [3.05, 3.63) is 54.9 Å². The first kappa shape index (κ1) is 18.5. The molecule has 3 N–H and O–H groups in total. The minimum atomic E-state index is -2.87. The maximum Gasteiger partial charge on any atom is 0.387 e. The van der Waals surface area contributed by atoms with E-state index in [1.807, 2.05) is 12.1 Å². The molecule has 3 rings (SSSR count). The van der Waals surface area contributed by atoms with E-state index in [9.17, 15) is 8.78 Å². The van der Waals surface area contributed by atoms with E-state index in [1.54, 1.807) is 30.6 Å². The number of aliphatic hydroxyl groups is 1. The van der Waals surface area contributed by atoms with Crippen LogP contribution in [0.25, 0.3) is 11.3 Å². The van der Waals surface area contributed by atoms with Gasteiger partial charge in [0.05, 0.1) is 12.3 Å². The predicted octanol–water partition coefficient (Wildman–Crippen LogP) is 3.29. The van der Waals surface area contributed by atoms with Crippen LogP contribution >= 0.6 is 0 Å². The molecule has 0 saturated heterocycles. The number of ether oxygens (including phenoxy) is 1. The van der Waals surface area contributed by atoms with Crippen LogP contribution in [-0.4, -0.2) is 39.8 Å². The molecular weight excluding hydrogens is 356 g/mol. The fourth-order valence-electron chi connectivity index (χ4n) is 2.30. The lowest BCUT2D eigenvalue weighted by molar-refractivity contribution is -0.0498. The monoisotopic (exact) mass is 373 g/mol. The molecule has 0 amide bonds. The maximum atomic E-state index is 12.2. The number of nitrogens with zero attached hydrogens (tertiary/aromatic N) is 3. The molecule has 0 unspecified atom stereocenters. The van der Waals surface area contributed by atoms with Gasteiger partial charge in [0.25, 0.3) is 0 Å². The number of anilines is 3. The fraction of sp³-hybridized carbons (Fsp3) is 0.167. The number of aromatic nitrogens is 3. The molecule has 140 valence electrons. The third-order valence-electron chi connectivity index (χ3n) is 3.45. The quantitative estimate of drug-likeness (QED) is 0.558. The summed E-state index contributed by atoms with van der Waals surface area (Å²) in [5.74, 6) is 0.916. The van der Waals surface area contributed by atoms with Crippen LogP contribution in [0.15, 0.2) is 54.9 Å². The molecule has 9 heteroatoms. The third-order valence-corrected chi connectivity index (χ3v) is 3.45. The SMILES string of the molecule is OCCNc1nc(Nc2ccc(OC(F)F)cc2)cc(-c2ccncc2)n1. The van der Waals surface area contributed by atoms with Gasteiger partial charge in [0.2, 0.25) is 5.95 Å². The number of nitrogens with one attached hydrogen (secondary N) is 2. The van der Waals surface area contributed by atoms with E-state index in [2.05, 4.69) is 30.3 Å². The largest absolute Gasteiger partial charge is 0.435 e. The number of alkyl halides is 2. The van der Waals surface area contributed by atoms with Crippen molar-refractivity contribution in [3.8, 4) is 17.0 Å². The number of hydrogen-bond acceptors (Lipinski definition) is 7. The first-order valence-electron chi connectivity index (χ1n) is 8.10. The number of halogens is 2. The molecule has 0 aliphatic carbocycles. The zero-order valence-electron chi connectivity index (χ0n) is 14.1. The van der Waals surface area contributed by atoms with Crippen LogP contribution in [0.1, 0.15) is 0 Å². The number of aliphatic hydroxyl groups excluding tert-OH is 1. The maximum absolute atomic E-state index is 12.2. The lowest BCUT2D eigenvalue weighted by Crippen LogP contribution is -2.10. The van der Waals surface area contributed by atoms with Crippen molar-refractivity contribution in [2.75, 3.05) is 23.8 Å². The Kier molecular flexibility index (Phi) is 6.06. The van der Waals surface area contributed by atoms with Crippen molar-refractivity contribution in [2.24, 2.45) is 0 Å². The summed E-state index contributed by atoms with van der Waals surface area (Å²) in [5, 5.41) is 15.0. The molecule has 0 spiro atoms. The van der Waals surface area contributed by atoms with Gasteiger partial charge in [-0.2, -0.15) is 13.8 Å². The second kappa shape index (κ2) is 8.86. The number of hydrogen-bond donors (Lipinski definition) is 3. The van der Waals surface area contributed by atoms with Gasteiger partial charge in [0.15, 0.2) is 0 Å². The van der Waals surface area contributed by atoms with Crippen molar-refractivity contribution in [2.45, 2.75) is 6.61 Å². The Hall–Kier alpha value is -3.33. The Morgan fingerprint density at radius 2 is 1.78 bits per heavy atom. The zero-order valence-corrected chi connectivity index (χ0v) is 14.1. The van der Waals surface area contributed by atoms with E-state index < -0.39 is 6.61 Å². The molecule has 0 aliphatic heterocycles. The zero-order chi connectivity index (χ0) is 19.1. The lowest BCUT2D eigenvalue weighted by Gasteiger charge is -2.11. The second-order valence-electron chi connectivity index (χ2n) is 5.38. The summed E-state index contributed by atoms with van der Waals surface area (Å²) >= 11 is 0. The summed E-state index contributed by atoms with van der Waals surface area (Å²) in [6, 6.07) is 11.5. The summed E-state index contributed by atoms with van der Waals surface area (Å²) in [6.45, 7) is -2.62. The van der Waals surface area contributed by atoms with Gasteiger partial charge in [0.1, 0.15) is 11.6 Å². The standard InChI is InChI=1S/C18H17F2N5O2/c19-17(20)27-14-3-1-13(2-4-14)23-16-11-15(12-5-7-21-8-6-12)24-18(25-16)22-9-10-26/h1-8,11,17,26H,9-10H2,(H2,22,23,24,25). The van der Waals surface area contributed by atoms with Gasteiger partial charge in [0, 0.05) is 36.3 Å². The molecule has 0 bridgehead atoms. The van der Waals surface area contributed by atoms with E-state index >= 15 is 0 Å². The van der Waals surface area contributed by atoms with Crippen LogP contribution in [0.2, 0.25) is 0 Å². The molecule has 2 aromatic heterocycles. The molecule has 2 heterocycles. The van der Waals surface area contributed by atoms with Crippen molar-refractivity contribution in [1.29, 1.82) is 0 Å². The highest BCUT2D eigenvalue weighted by Gasteiger charge is 2.08. The summed E-state index contributed by atoms with van der Waals surface area (Å²) in [5.41, 5.74) is 2.15. The summed E-state index contributed by atoms with van der Waals surface area (Å²) < 4.78 is 28.8. The highest BCUT2D eigenvalue weighted by molar-refractivity contribution is 5.67. The van der Waals surface area contributed by atoms with Gasteiger partial charge >= 0.3 is 6.61 Å². The molecular formula is C18H17F2N5O2. The summed E-state index contributed by atoms with van der Waals surface area (Å²) in [4.78, 5) is 12.8. The molecule has 1 aromatic carbocycles. The van der Waals surface area contributed by atoms with Gasteiger partial charge in [-0.25, -0.2) is 4.98 Å². The van der Waals surface area contributed by atoms with Gasteiger partial charge in [-0.1, -0.05) is 0 Å². The average Bonchev–Trinajstić information content (AvgIpc) is 2.68. The minimum Gasteiger partial charge on any atom is -0.435 e. The van der Waals surface area contributed by atoms with E-state index in [0.29, 0.717) is 29.7 Å². The second-order valence-corrected chi connectivity index (χ2v) is 5.38. The number of rotatable bonds is 8. The Morgan fingerprint density at radius 1 is 1.04 bits per heavy atom. The summed E-state index contributed by atoms with van der Waals surface area (Å²) in [7, 11) is 0. The molecule has 0 radical (unpaired) electrons. The van der Waals surface area contributed by atoms with Gasteiger partial charge in [-0.15, -0.1) is 0 Å². The van der Waals surface area contributed by atoms with Crippen LogP contribution in [0.5, 0.6) is 5.75 Å². The van der Waals surface area contributed by atoms with Gasteiger partial charge < -0.3 is 20.5 Å². The Bertz CT molecular complexity index is 863. The van der Waals surface area contributed by atoms with Gasteiger partial charge in [-0.3, -0.25) is 4.98 Å². The number of pyridine rings is 1. The van der Waals surface area contributed by atoms with E-state index in [4.69, 9.17) is 5.11 Å². The van der Waals surface area contributed by atoms with Crippen molar-refractivity contribution in [1.82, 2.24) is 15.0 Å². The van der Waals surface area contributed by atoms with E-state index in [-0.39, 0.29) is 12.4 Å². The van der Waals surface area contributed by atoms with Crippen molar-refractivity contribution < 1.29 is 18.6 Å². The van der Waals surface area contributed by atoms with E-state index in [1.165, 1.54) is 12.1 Å². The number of benzene rings is 1. The molecule has 0 saturated carbocycles. The van der Waals surface area contributed by atoms with Crippen molar-refractivity contribution >= 4 is 17.5 Å². The smallest absolute Gasteiger partial charge is 0.387 e. The van der Waals surface area contributed by atoms with Crippen LogP contribution in [-0.2, 0) is 0 Å². The average molecular weight is 373 g/mol. The highest BCUT2D eigenvalue weighted by atomic mass is 19.3. The van der Waals surface area contributed by atoms with Crippen LogP contribution < -0.4 is 15.4 Å². The third kappa shape index (κ3) is 5.32. The van der Waals surface area contributed by atoms with Gasteiger partial charge in [-0.05, 0) is 36.4 Å². The van der Waals surface area contributed by atoms with Crippen LogP contribution in [0, 0.1) is 0 Å². The lowest BCUT2D eigenvalue weighted by atomic mass is 10.2. The Labute approximate surface area is 154 Å². The van der Waals surface area contributed by atoms with Crippen LogP contribution in [0.3, 0.4) is 0 Å². The Balaban J connectivity index is 1.85. The normalized spacial score (nSPS) is 10.7. The van der Waals surface area contributed by atoms with Crippen molar-refractivity contribution in [3.63, 3.8) is 0 Å². The highest BCUT2D eigenvalue weighted by Crippen LogP contribution is 2.24. The Morgan fingerprint density at radius 3 is 2.44 bits per heavy atom. The summed E-state index contributed by atoms with van der Waals surface area (Å²) in [6.07, 6.45) is 3.32. The molecule has 0 atom stereocenters. The molecule has 3 aromatic rings. The molecule has 7 nitrogen and oxygen atoms in total. The molecule has 0 aliphatic rings. The minimum absolute atomic E-state index is 0.0583. The predicted molar refractivity (Wildman–Crippen MR) is 97.2 cm³/mol. The first-order chi connectivity index (χ1) is 13.1. The molecule has 27 heavy (non-hydrogen) atoms. The van der Waals surface area contributed by atoms with Crippen LogP contribution in [0.4, 0.5) is 26.2 Å². The molecule has 0 fully saturated rings. The first-order valence-corrected chi connectivity index (χ1v) is 8.10. The van der Waals surface area contributed by atoms with E-state index in [0.717, 1.165) is 5.56 Å². The topological polar surface area (TPSA) is 92.2 Å². The fourth-order valence-corrected chi connectivity index (χ4v) is 2.30.